The number of carbonyl (C=O) groups is 5. The average molecular weight is 989 g/mol. The number of carbonyl (C=O) groups excluding carboxylic acids is 5. The van der Waals surface area contributed by atoms with Gasteiger partial charge in [0.05, 0.1) is 70.7 Å². The first kappa shape index (κ1) is 54.2. The minimum atomic E-state index is -1.26. The van der Waals surface area contributed by atoms with Gasteiger partial charge in [0.1, 0.15) is 46.4 Å². The van der Waals surface area contributed by atoms with Crippen LogP contribution in [0, 0.1) is 11.8 Å². The van der Waals surface area contributed by atoms with Gasteiger partial charge in [-0.25, -0.2) is 0 Å². The zero-order chi connectivity index (χ0) is 51.9. The van der Waals surface area contributed by atoms with Gasteiger partial charge in [-0.2, -0.15) is 0 Å². The first-order valence-electron chi connectivity index (χ1n) is 24.1. The van der Waals surface area contributed by atoms with Crippen molar-refractivity contribution in [1.29, 1.82) is 0 Å². The normalized spacial score (nSPS) is 18.5. The predicted molar refractivity (Wildman–Crippen MR) is 272 cm³/mol. The largest absolute Gasteiger partial charge is 0.496 e. The number of unbranched alkanes of at least 4 members (excludes halogenated alkanes) is 1. The molecule has 2 aliphatic rings. The Hall–Kier alpha value is -7.17. The van der Waals surface area contributed by atoms with Crippen LogP contribution in [0.4, 0.5) is 0 Å². The second-order valence-electron chi connectivity index (χ2n) is 17.8. The van der Waals surface area contributed by atoms with E-state index < -0.39 is 78.2 Å². The van der Waals surface area contributed by atoms with E-state index in [4.69, 9.17) is 18.9 Å². The highest BCUT2D eigenvalue weighted by Gasteiger charge is 2.39. The van der Waals surface area contributed by atoms with Crippen LogP contribution in [-0.4, -0.2) is 120 Å². The molecule has 5 amide bonds. The lowest BCUT2D eigenvalue weighted by Gasteiger charge is -2.31. The minimum Gasteiger partial charge on any atom is -0.496 e. The summed E-state index contributed by atoms with van der Waals surface area (Å²) in [6.45, 7) is 3.39. The maximum atomic E-state index is 14.3. The molecular weight excluding hydrogens is 921 g/mol. The number of hydrogen-bond donors (Lipinski definition) is 9. The molecule has 0 aliphatic heterocycles. The molecule has 6 rings (SSSR count). The quantitative estimate of drug-likeness (QED) is 0.0296. The smallest absolute Gasteiger partial charge is 0.259 e. The monoisotopic (exact) mass is 989 g/mol. The molecule has 0 aromatic heterocycles. The van der Waals surface area contributed by atoms with E-state index in [9.17, 15) is 29.1 Å². The highest BCUT2D eigenvalue weighted by atomic mass is 16.5. The van der Waals surface area contributed by atoms with Crippen molar-refractivity contribution >= 4 is 29.5 Å². The molecule has 18 heteroatoms. The first-order valence-corrected chi connectivity index (χ1v) is 24.1. The first-order chi connectivity index (χ1) is 34.8. The lowest BCUT2D eigenvalue weighted by molar-refractivity contribution is -0.130. The summed E-state index contributed by atoms with van der Waals surface area (Å²) in [7, 11) is 9.21. The van der Waals surface area contributed by atoms with Crippen molar-refractivity contribution in [3.05, 3.63) is 118 Å². The van der Waals surface area contributed by atoms with Crippen LogP contribution in [0.1, 0.15) is 94.6 Å². The fourth-order valence-corrected chi connectivity index (χ4v) is 9.09. The Labute approximate surface area is 421 Å². The summed E-state index contributed by atoms with van der Waals surface area (Å²) in [5, 5.41) is 36.2. The third kappa shape index (κ3) is 13.0. The topological polar surface area (TPSA) is 239 Å². The summed E-state index contributed by atoms with van der Waals surface area (Å²) < 4.78 is 22.0. The average Bonchev–Trinajstić information content (AvgIpc) is 3.92. The third-order valence-corrected chi connectivity index (χ3v) is 13.3. The van der Waals surface area contributed by atoms with Crippen LogP contribution in [-0.2, 0) is 27.2 Å². The molecule has 72 heavy (non-hydrogen) atoms. The lowest BCUT2D eigenvalue weighted by atomic mass is 10.0. The molecule has 18 nitrogen and oxygen atoms in total. The Morgan fingerprint density at radius 3 is 1.54 bits per heavy atom. The Balaban J connectivity index is 1.15. The van der Waals surface area contributed by atoms with Crippen molar-refractivity contribution in [2.45, 2.75) is 107 Å². The number of rotatable bonds is 23. The molecule has 4 aromatic rings. The molecule has 2 unspecified atom stereocenters. The number of likely N-dealkylation sites (N-methyl/N-ethyl adjacent to an activating group) is 2. The molecule has 0 heterocycles. The number of ether oxygens (including phenoxy) is 4. The number of methoxy groups -OCH3 is 4. The molecule has 9 atom stereocenters. The summed E-state index contributed by atoms with van der Waals surface area (Å²) in [5.41, 5.74) is 4.13. The van der Waals surface area contributed by atoms with Gasteiger partial charge in [0.2, 0.25) is 17.7 Å². The summed E-state index contributed by atoms with van der Waals surface area (Å²) in [6, 6.07) is 20.3. The molecule has 0 saturated heterocycles. The van der Waals surface area contributed by atoms with Gasteiger partial charge in [-0.3, -0.25) is 29.3 Å². The van der Waals surface area contributed by atoms with E-state index in [1.807, 2.05) is 48.5 Å². The van der Waals surface area contributed by atoms with Crippen LogP contribution in [0.15, 0.2) is 84.9 Å². The molecule has 0 fully saturated rings. The van der Waals surface area contributed by atoms with Gasteiger partial charge >= 0.3 is 0 Å². The number of hydrogen-bond acceptors (Lipinski definition) is 13. The van der Waals surface area contributed by atoms with Crippen molar-refractivity contribution in [2.75, 3.05) is 42.5 Å². The molecule has 0 bridgehead atoms. The predicted octanol–water partition coefficient (Wildman–Crippen LogP) is 2.99. The van der Waals surface area contributed by atoms with Gasteiger partial charge in [0.15, 0.2) is 0 Å². The minimum absolute atomic E-state index is 0.0310. The maximum absolute atomic E-state index is 14.3. The molecular formula is C54H68N8O10. The second-order valence-corrected chi connectivity index (χ2v) is 17.8. The third-order valence-electron chi connectivity index (χ3n) is 13.3. The highest BCUT2D eigenvalue weighted by Crippen LogP contribution is 2.36. The van der Waals surface area contributed by atoms with Gasteiger partial charge in [0, 0.05) is 12.8 Å². The fraction of sp³-hybridized carbons (Fsp3) is 0.426. The summed E-state index contributed by atoms with van der Waals surface area (Å²) in [5.74, 6) is 5.51. The van der Waals surface area contributed by atoms with Gasteiger partial charge < -0.3 is 61.3 Å². The molecule has 4 aromatic carbocycles. The zero-order valence-corrected chi connectivity index (χ0v) is 42.1. The van der Waals surface area contributed by atoms with Crippen LogP contribution < -0.4 is 61.5 Å². The van der Waals surface area contributed by atoms with Crippen molar-refractivity contribution in [1.82, 2.24) is 42.5 Å². The standard InChI is InChI=1S/C54H68N8O10/c1-31(55-3)49(63)57-37(51(65)61-47-35-21-15-13-19-33(35)29-39(47)59-53(67)45-41(69-5)25-17-26-42(45)70-6)23-11-9-10-12-24-38(58-50(64)32(2)56-4)52(66)62-48-36-22-16-14-20-34(36)30-40(48)60-54(68)46-43(71-7)27-18-28-44(46)72-8/h13-22,25-28,31-32,37-40,47-48,51,55-56,61,65H,9,11,23-24,29-30H2,1-8H3,(H,57,63)(H,58,64)(H,59,67)(H,60,68)(H,62,66)/t31-,32-,37-,38?,39-,40-,47-,48-,51?/m0/s1. The summed E-state index contributed by atoms with van der Waals surface area (Å²) in [6.07, 6.45) is 0.703. The Morgan fingerprint density at radius 1 is 0.597 bits per heavy atom. The highest BCUT2D eigenvalue weighted by molar-refractivity contribution is 6.01. The number of fused-ring (bicyclic) bond motifs is 2. The van der Waals surface area contributed by atoms with E-state index >= 15 is 0 Å². The van der Waals surface area contributed by atoms with Gasteiger partial charge in [-0.15, -0.1) is 11.8 Å². The summed E-state index contributed by atoms with van der Waals surface area (Å²) in [4.78, 5) is 68.6. The summed E-state index contributed by atoms with van der Waals surface area (Å²) >= 11 is 0. The van der Waals surface area contributed by atoms with Gasteiger partial charge in [-0.1, -0.05) is 60.7 Å². The Bertz CT molecular complexity index is 2570. The number of benzene rings is 4. The van der Waals surface area contributed by atoms with Crippen LogP contribution >= 0.6 is 0 Å². The molecule has 0 saturated carbocycles. The van der Waals surface area contributed by atoms with Crippen molar-refractivity contribution < 1.29 is 48.0 Å². The van der Waals surface area contributed by atoms with E-state index in [1.54, 1.807) is 64.3 Å². The zero-order valence-electron chi connectivity index (χ0n) is 42.1. The van der Waals surface area contributed by atoms with Crippen LogP contribution in [0.25, 0.3) is 0 Å². The maximum Gasteiger partial charge on any atom is 0.259 e. The van der Waals surface area contributed by atoms with Crippen LogP contribution in [0.3, 0.4) is 0 Å². The van der Waals surface area contributed by atoms with E-state index in [1.165, 1.54) is 28.4 Å². The fourth-order valence-electron chi connectivity index (χ4n) is 9.09. The lowest BCUT2D eigenvalue weighted by Crippen LogP contribution is -2.56. The second kappa shape index (κ2) is 25.8. The van der Waals surface area contributed by atoms with E-state index in [0.29, 0.717) is 55.1 Å². The molecule has 2 aliphatic carbocycles. The van der Waals surface area contributed by atoms with Crippen molar-refractivity contribution in [3.8, 4) is 34.8 Å². The number of nitrogens with one attached hydrogen (secondary N) is 8. The van der Waals surface area contributed by atoms with Gasteiger partial charge in [-0.05, 0) is 100 Å². The van der Waals surface area contributed by atoms with Crippen LogP contribution in [0.2, 0.25) is 0 Å². The number of amides is 5. The Kier molecular flexibility index (Phi) is 19.4. The van der Waals surface area contributed by atoms with Gasteiger partial charge in [0.25, 0.3) is 11.8 Å². The molecule has 9 N–H and O–H groups in total. The van der Waals surface area contributed by atoms with Crippen LogP contribution in [0.5, 0.6) is 23.0 Å². The molecule has 384 valence electrons. The SMILES string of the molecule is CN[C@@H](C)C(=O)NC(CC#CCCC[C@H](NC(=O)[C@H](C)NC)C(O)N[C@H]1c2ccccc2C[C@@H]1NC(=O)c1c(OC)cccc1OC)C(=O)N[C@H]1c2ccccc2C[C@@H]1NC(=O)c1c(OC)cccc1OC. The van der Waals surface area contributed by atoms with E-state index in [2.05, 4.69) is 54.4 Å². The molecule has 0 spiro atoms. The van der Waals surface area contributed by atoms with Crippen molar-refractivity contribution in [2.24, 2.45) is 0 Å². The number of aliphatic hydroxyl groups excluding tert-OH is 1. The molecule has 0 radical (unpaired) electrons. The van der Waals surface area contributed by atoms with E-state index in [-0.39, 0.29) is 23.5 Å². The Morgan fingerprint density at radius 2 is 1.06 bits per heavy atom. The van der Waals surface area contributed by atoms with Crippen molar-refractivity contribution in [3.63, 3.8) is 0 Å². The number of aliphatic hydroxyl groups is 1. The van der Waals surface area contributed by atoms with E-state index in [0.717, 1.165) is 22.3 Å².